The lowest BCUT2D eigenvalue weighted by Crippen LogP contribution is -2.45. The van der Waals surface area contributed by atoms with Gasteiger partial charge in [-0.2, -0.15) is 0 Å². The minimum atomic E-state index is -0.537. The van der Waals surface area contributed by atoms with Crippen LogP contribution in [0, 0.1) is 52.8 Å². The average Bonchev–Trinajstić information content (AvgIpc) is 3.50. The zero-order chi connectivity index (χ0) is 25.7. The Balaban J connectivity index is 0.000000672. The van der Waals surface area contributed by atoms with Crippen molar-refractivity contribution >= 4 is 23.6 Å². The normalized spacial score (nSPS) is 41.0. The molecule has 5 rings (SSSR count). The summed E-state index contributed by atoms with van der Waals surface area (Å²) in [5, 5.41) is 1.35. The van der Waals surface area contributed by atoms with Gasteiger partial charge in [0.1, 0.15) is 0 Å². The van der Waals surface area contributed by atoms with Gasteiger partial charge in [-0.25, -0.2) is 0 Å². The smallest absolute Gasteiger partial charge is 0.260 e. The van der Waals surface area contributed by atoms with Crippen LogP contribution in [-0.4, -0.2) is 33.8 Å². The minimum absolute atomic E-state index is 0.00603. The zero-order valence-electron chi connectivity index (χ0n) is 20.9. The first kappa shape index (κ1) is 25.3. The van der Waals surface area contributed by atoms with E-state index in [-0.39, 0.29) is 29.1 Å². The highest BCUT2D eigenvalue weighted by molar-refractivity contribution is 6.07. The lowest BCUT2D eigenvalue weighted by Gasteiger charge is -2.37. The van der Waals surface area contributed by atoms with Crippen LogP contribution in [0.15, 0.2) is 50.1 Å². The van der Waals surface area contributed by atoms with Crippen molar-refractivity contribution in [3.63, 3.8) is 0 Å². The Bertz CT molecular complexity index is 1000. The topological polar surface area (TPSA) is 84.0 Å². The number of imide groups is 2. The minimum Gasteiger partial charge on any atom is -0.272 e. The highest BCUT2D eigenvalue weighted by atomic mass is 16.9. The second kappa shape index (κ2) is 9.34. The molecule has 0 radical (unpaired) electrons. The van der Waals surface area contributed by atoms with Crippen molar-refractivity contribution in [3.8, 4) is 0 Å². The molecule has 7 heteroatoms. The van der Waals surface area contributed by atoms with Gasteiger partial charge in [-0.05, 0) is 54.8 Å². The van der Waals surface area contributed by atoms with Gasteiger partial charge in [0.15, 0.2) is 0 Å². The summed E-state index contributed by atoms with van der Waals surface area (Å²) in [7, 11) is 0. The molecular formula is C28H36N2O5. The summed E-state index contributed by atoms with van der Waals surface area (Å²) in [4.78, 5) is 58.0. The number of hydrogen-bond donors (Lipinski definition) is 0. The number of carbonyl (C=O) groups is 4. The molecule has 0 N–H and O–H groups in total. The summed E-state index contributed by atoms with van der Waals surface area (Å²) in [6.07, 6.45) is 12.8. The van der Waals surface area contributed by atoms with E-state index in [4.69, 9.17) is 4.94 Å². The number of fused-ring (bicyclic) bond motifs is 6. The molecule has 2 saturated heterocycles. The van der Waals surface area contributed by atoms with E-state index in [1.807, 2.05) is 25.2 Å². The first-order valence-electron chi connectivity index (χ1n) is 12.6. The molecule has 9 unspecified atom stereocenters. The van der Waals surface area contributed by atoms with Crippen molar-refractivity contribution in [3.05, 3.63) is 50.1 Å². The highest BCUT2D eigenvalue weighted by Gasteiger charge is 2.65. The van der Waals surface area contributed by atoms with Crippen molar-refractivity contribution in [2.45, 2.75) is 46.5 Å². The molecule has 4 fully saturated rings. The largest absolute Gasteiger partial charge is 0.272 e. The van der Waals surface area contributed by atoms with Crippen LogP contribution in [0.5, 0.6) is 0 Å². The summed E-state index contributed by atoms with van der Waals surface area (Å²) < 4.78 is 0. The maximum atomic E-state index is 13.3. The lowest BCUT2D eigenvalue weighted by molar-refractivity contribution is -0.272. The summed E-state index contributed by atoms with van der Waals surface area (Å²) in [5.41, 5.74) is -0.257. The van der Waals surface area contributed by atoms with E-state index < -0.39 is 47.3 Å². The third kappa shape index (κ3) is 3.75. The van der Waals surface area contributed by atoms with Gasteiger partial charge in [-0.3, -0.25) is 19.2 Å². The Morgan fingerprint density at radius 2 is 1.51 bits per heavy atom. The molecule has 9 atom stereocenters. The molecule has 4 amide bonds. The molecule has 3 aliphatic carbocycles. The zero-order valence-corrected chi connectivity index (χ0v) is 20.9. The predicted molar refractivity (Wildman–Crippen MR) is 130 cm³/mol. The summed E-state index contributed by atoms with van der Waals surface area (Å²) in [6.45, 7) is 17.2. The first-order valence-corrected chi connectivity index (χ1v) is 12.6. The molecule has 0 aromatic heterocycles. The van der Waals surface area contributed by atoms with Gasteiger partial charge in [0, 0.05) is 0 Å². The lowest BCUT2D eigenvalue weighted by atomic mass is 9.67. The Labute approximate surface area is 207 Å². The van der Waals surface area contributed by atoms with Gasteiger partial charge in [0.2, 0.25) is 0 Å². The van der Waals surface area contributed by atoms with Crippen molar-refractivity contribution in [1.82, 2.24) is 10.1 Å². The van der Waals surface area contributed by atoms with Gasteiger partial charge < -0.3 is 0 Å². The number of hydroxylamine groups is 4. The summed E-state index contributed by atoms with van der Waals surface area (Å²) in [6, 6.07) is 0. The third-order valence-electron chi connectivity index (χ3n) is 8.76. The van der Waals surface area contributed by atoms with Crippen molar-refractivity contribution in [1.29, 1.82) is 0 Å². The molecule has 188 valence electrons. The fourth-order valence-electron chi connectivity index (χ4n) is 6.96. The molecule has 2 aliphatic heterocycles. The quantitative estimate of drug-likeness (QED) is 0.419. The molecule has 0 aromatic carbocycles. The van der Waals surface area contributed by atoms with Gasteiger partial charge in [0.25, 0.3) is 23.6 Å². The van der Waals surface area contributed by atoms with Crippen LogP contribution in [0.2, 0.25) is 0 Å². The van der Waals surface area contributed by atoms with E-state index in [0.717, 1.165) is 12.8 Å². The third-order valence-corrected chi connectivity index (χ3v) is 8.76. The van der Waals surface area contributed by atoms with Gasteiger partial charge in [0.05, 0.1) is 23.7 Å². The molecule has 2 saturated carbocycles. The maximum Gasteiger partial charge on any atom is 0.260 e. The second-order valence-corrected chi connectivity index (χ2v) is 10.8. The van der Waals surface area contributed by atoms with Crippen LogP contribution in [-0.2, 0) is 24.1 Å². The average molecular weight is 481 g/mol. The van der Waals surface area contributed by atoms with Crippen LogP contribution in [0.4, 0.5) is 0 Å². The number of allylic oxidation sites excluding steroid dienone is 5. The van der Waals surface area contributed by atoms with Gasteiger partial charge in [-0.15, -0.1) is 34.8 Å². The number of hydrogen-bond acceptors (Lipinski definition) is 5. The van der Waals surface area contributed by atoms with Crippen molar-refractivity contribution in [2.75, 3.05) is 0 Å². The van der Waals surface area contributed by atoms with Crippen LogP contribution >= 0.6 is 0 Å². The van der Waals surface area contributed by atoms with Crippen LogP contribution < -0.4 is 0 Å². The van der Waals surface area contributed by atoms with E-state index >= 15 is 0 Å². The number of carbonyl (C=O) groups excluding carboxylic acids is 4. The molecule has 0 spiro atoms. The Kier molecular flexibility index (Phi) is 6.75. The SMILES string of the molecule is C=CCC.C=CCC1(C)C=CC2CC1C1C(=O)N(ON3C(=O)C4C(C)CC(C=C)C4C3=O)C(=O)C21. The predicted octanol–water partition coefficient (Wildman–Crippen LogP) is 4.25. The van der Waals surface area contributed by atoms with Crippen LogP contribution in [0.25, 0.3) is 0 Å². The standard InChI is InChI=1S/C24H28N2O5.C4H8/c1-5-8-24(4)9-7-14-11-15(24)19-18(14)22(29)26(23(19)30)31-25-20(27)16-12(3)10-13(6-2)17(16)21(25)28;1-3-4-2/h5-7,9,12-19H,1-2,8,10-11H2,3-4H3;3H,1,4H2,2H3. The maximum absolute atomic E-state index is 13.3. The van der Waals surface area contributed by atoms with Crippen LogP contribution in [0.3, 0.4) is 0 Å². The molecule has 2 heterocycles. The summed E-state index contributed by atoms with van der Waals surface area (Å²) >= 11 is 0. The molecule has 0 aromatic rings. The van der Waals surface area contributed by atoms with Crippen LogP contribution in [0.1, 0.15) is 46.5 Å². The van der Waals surface area contributed by atoms with Gasteiger partial charge in [-0.1, -0.05) is 51.2 Å². The molecular weight excluding hydrogens is 444 g/mol. The number of amides is 4. The molecule has 7 nitrogen and oxygen atoms in total. The van der Waals surface area contributed by atoms with E-state index in [2.05, 4.69) is 39.7 Å². The van der Waals surface area contributed by atoms with Crippen molar-refractivity contribution in [2.24, 2.45) is 52.8 Å². The fraction of sp³-hybridized carbons (Fsp3) is 0.571. The molecule has 5 aliphatic rings. The summed E-state index contributed by atoms with van der Waals surface area (Å²) in [5.74, 6) is -4.07. The Morgan fingerprint density at radius 1 is 0.943 bits per heavy atom. The number of nitrogens with zero attached hydrogens (tertiary/aromatic N) is 2. The Morgan fingerprint density at radius 3 is 2.09 bits per heavy atom. The highest BCUT2D eigenvalue weighted by Crippen LogP contribution is 2.59. The monoisotopic (exact) mass is 480 g/mol. The van der Waals surface area contributed by atoms with E-state index in [1.54, 1.807) is 6.08 Å². The Hall–Kier alpha value is -2.80. The molecule has 2 bridgehead atoms. The van der Waals surface area contributed by atoms with Gasteiger partial charge >= 0.3 is 0 Å². The van der Waals surface area contributed by atoms with E-state index in [0.29, 0.717) is 23.0 Å². The first-order chi connectivity index (χ1) is 16.6. The van der Waals surface area contributed by atoms with E-state index in [1.165, 1.54) is 0 Å². The molecule has 35 heavy (non-hydrogen) atoms. The fourth-order valence-corrected chi connectivity index (χ4v) is 6.96. The van der Waals surface area contributed by atoms with E-state index in [9.17, 15) is 19.2 Å². The van der Waals surface area contributed by atoms with Crippen molar-refractivity contribution < 1.29 is 24.1 Å². The number of rotatable bonds is 6. The second-order valence-electron chi connectivity index (χ2n) is 10.8.